The number of aliphatic hydroxyl groups is 2. The molecule has 128 valence electrons. The van der Waals surface area contributed by atoms with Gasteiger partial charge in [0.1, 0.15) is 18.8 Å². The summed E-state index contributed by atoms with van der Waals surface area (Å²) in [6.07, 6.45) is -2.99. The molecule has 0 saturated carbocycles. The third kappa shape index (κ3) is 5.23. The van der Waals surface area contributed by atoms with Crippen LogP contribution < -0.4 is 5.32 Å². The van der Waals surface area contributed by atoms with Gasteiger partial charge >= 0.3 is 6.09 Å². The smallest absolute Gasteiger partial charge is 0.407 e. The zero-order valence-corrected chi connectivity index (χ0v) is 14.0. The fourth-order valence-electron chi connectivity index (χ4n) is 2.09. The van der Waals surface area contributed by atoms with Crippen LogP contribution in [0.25, 0.3) is 0 Å². The molecule has 1 amide bonds. The van der Waals surface area contributed by atoms with Gasteiger partial charge in [-0.05, 0) is 29.7 Å². The summed E-state index contributed by atoms with van der Waals surface area (Å²) < 4.78 is 5.03. The molecular weight excluding hydrogens is 330 g/mol. The molecule has 3 N–H and O–H groups in total. The summed E-state index contributed by atoms with van der Waals surface area (Å²) in [5.74, 6) is 0. The largest absolute Gasteiger partial charge is 0.445 e. The summed E-state index contributed by atoms with van der Waals surface area (Å²) in [5, 5.41) is 23.1. The third-order valence-electron chi connectivity index (χ3n) is 3.57. The molecule has 0 aliphatic carbocycles. The van der Waals surface area contributed by atoms with Crippen LogP contribution in [0.2, 0.25) is 5.02 Å². The van der Waals surface area contributed by atoms with Crippen LogP contribution in [-0.2, 0) is 11.3 Å². The molecule has 5 nitrogen and oxygen atoms in total. The molecule has 2 rings (SSSR count). The van der Waals surface area contributed by atoms with Gasteiger partial charge in [0.15, 0.2) is 0 Å². The highest BCUT2D eigenvalue weighted by atomic mass is 35.5. The molecule has 0 aromatic heterocycles. The molecule has 24 heavy (non-hydrogen) atoms. The number of hydrogen-bond donors (Lipinski definition) is 3. The van der Waals surface area contributed by atoms with Gasteiger partial charge in [-0.15, -0.1) is 0 Å². The quantitative estimate of drug-likeness (QED) is 0.749. The summed E-state index contributed by atoms with van der Waals surface area (Å²) in [6, 6.07) is 14.3. The van der Waals surface area contributed by atoms with Crippen molar-refractivity contribution in [1.82, 2.24) is 5.32 Å². The van der Waals surface area contributed by atoms with Gasteiger partial charge in [-0.25, -0.2) is 4.79 Å². The van der Waals surface area contributed by atoms with Crippen LogP contribution in [-0.4, -0.2) is 29.0 Å². The Morgan fingerprint density at radius 1 is 1.21 bits per heavy atom. The van der Waals surface area contributed by atoms with Gasteiger partial charge in [-0.1, -0.05) is 54.1 Å². The Hall–Kier alpha value is -2.08. The molecular formula is C18H20ClNO4. The molecule has 2 atom stereocenters. The zero-order valence-electron chi connectivity index (χ0n) is 13.3. The number of aliphatic hydroxyl groups excluding tert-OH is 2. The van der Waals surface area contributed by atoms with E-state index in [-0.39, 0.29) is 13.2 Å². The van der Waals surface area contributed by atoms with Crippen molar-refractivity contribution in [2.75, 3.05) is 6.54 Å². The van der Waals surface area contributed by atoms with Crippen LogP contribution in [0.1, 0.15) is 22.8 Å². The van der Waals surface area contributed by atoms with Gasteiger partial charge in [-0.2, -0.15) is 0 Å². The fourth-order valence-corrected chi connectivity index (χ4v) is 2.28. The number of carbonyl (C=O) groups excluding carboxylic acids is 1. The van der Waals surface area contributed by atoms with Crippen molar-refractivity contribution >= 4 is 17.7 Å². The highest BCUT2D eigenvalue weighted by Gasteiger charge is 2.20. The predicted octanol–water partition coefficient (Wildman–Crippen LogP) is 2.97. The third-order valence-corrected chi connectivity index (χ3v) is 3.98. The van der Waals surface area contributed by atoms with Crippen molar-refractivity contribution < 1.29 is 19.7 Å². The number of aryl methyl sites for hydroxylation is 1. The van der Waals surface area contributed by atoms with Crippen molar-refractivity contribution in [2.45, 2.75) is 25.7 Å². The minimum atomic E-state index is -1.17. The lowest BCUT2D eigenvalue weighted by Gasteiger charge is -2.19. The standard InChI is InChI=1S/C18H20ClNO4/c1-12-7-8-14(9-15(12)19)17(22)16(21)10-20-18(23)24-11-13-5-3-2-4-6-13/h2-9,16-17,21-22H,10-11H2,1H3,(H,20,23). The van der Waals surface area contributed by atoms with Gasteiger partial charge < -0.3 is 20.3 Å². The van der Waals surface area contributed by atoms with Crippen LogP contribution in [0, 0.1) is 6.92 Å². The number of carbonyl (C=O) groups is 1. The van der Waals surface area contributed by atoms with E-state index < -0.39 is 18.3 Å². The van der Waals surface area contributed by atoms with Crippen LogP contribution in [0.5, 0.6) is 0 Å². The Labute approximate surface area is 145 Å². The first-order valence-electron chi connectivity index (χ1n) is 7.54. The number of hydrogen-bond acceptors (Lipinski definition) is 4. The second-order valence-corrected chi connectivity index (χ2v) is 5.87. The summed E-state index contributed by atoms with van der Waals surface area (Å²) in [4.78, 5) is 11.6. The highest BCUT2D eigenvalue weighted by Crippen LogP contribution is 2.23. The number of halogens is 1. The van der Waals surface area contributed by atoms with E-state index in [9.17, 15) is 15.0 Å². The lowest BCUT2D eigenvalue weighted by molar-refractivity contribution is 0.0184. The Bertz CT molecular complexity index is 678. The Kier molecular flexibility index (Phi) is 6.61. The van der Waals surface area contributed by atoms with Crippen molar-refractivity contribution in [3.8, 4) is 0 Å². The van der Waals surface area contributed by atoms with E-state index in [0.29, 0.717) is 10.6 Å². The molecule has 0 spiro atoms. The molecule has 0 aliphatic rings. The molecule has 0 bridgehead atoms. The molecule has 2 unspecified atom stereocenters. The maximum atomic E-state index is 11.6. The molecule has 0 saturated heterocycles. The summed E-state index contributed by atoms with van der Waals surface area (Å²) >= 11 is 6.01. The second kappa shape index (κ2) is 8.68. The predicted molar refractivity (Wildman–Crippen MR) is 91.8 cm³/mol. The summed E-state index contributed by atoms with van der Waals surface area (Å²) in [5.41, 5.74) is 2.23. The Morgan fingerprint density at radius 2 is 1.92 bits per heavy atom. The van der Waals surface area contributed by atoms with Crippen LogP contribution in [0.15, 0.2) is 48.5 Å². The average molecular weight is 350 g/mol. The minimum Gasteiger partial charge on any atom is -0.445 e. The molecule has 2 aromatic carbocycles. The van der Waals surface area contributed by atoms with E-state index in [1.54, 1.807) is 18.2 Å². The monoisotopic (exact) mass is 349 g/mol. The van der Waals surface area contributed by atoms with E-state index >= 15 is 0 Å². The fraction of sp³-hybridized carbons (Fsp3) is 0.278. The van der Waals surface area contributed by atoms with Crippen molar-refractivity contribution in [1.29, 1.82) is 0 Å². The zero-order chi connectivity index (χ0) is 17.5. The van der Waals surface area contributed by atoms with Crippen molar-refractivity contribution in [3.63, 3.8) is 0 Å². The molecule has 0 radical (unpaired) electrons. The molecule has 6 heteroatoms. The van der Waals surface area contributed by atoms with Gasteiger partial charge in [0.25, 0.3) is 0 Å². The number of nitrogens with one attached hydrogen (secondary N) is 1. The van der Waals surface area contributed by atoms with E-state index in [1.165, 1.54) is 0 Å². The topological polar surface area (TPSA) is 78.8 Å². The lowest BCUT2D eigenvalue weighted by Crippen LogP contribution is -2.35. The van der Waals surface area contributed by atoms with Gasteiger partial charge in [0.05, 0.1) is 0 Å². The SMILES string of the molecule is Cc1ccc(C(O)C(O)CNC(=O)OCc2ccccc2)cc1Cl. The van der Waals surface area contributed by atoms with Crippen molar-refractivity contribution in [2.24, 2.45) is 0 Å². The van der Waals surface area contributed by atoms with Gasteiger partial charge in [0, 0.05) is 11.6 Å². The van der Waals surface area contributed by atoms with Crippen LogP contribution in [0.4, 0.5) is 4.79 Å². The molecule has 2 aromatic rings. The second-order valence-electron chi connectivity index (χ2n) is 5.46. The maximum absolute atomic E-state index is 11.6. The maximum Gasteiger partial charge on any atom is 0.407 e. The van der Waals surface area contributed by atoms with E-state index in [0.717, 1.165) is 11.1 Å². The molecule has 0 aliphatic heterocycles. The van der Waals surface area contributed by atoms with E-state index in [4.69, 9.17) is 16.3 Å². The molecule has 0 heterocycles. The average Bonchev–Trinajstić information content (AvgIpc) is 2.60. The number of benzene rings is 2. The first-order chi connectivity index (χ1) is 11.5. The van der Waals surface area contributed by atoms with E-state index in [2.05, 4.69) is 5.32 Å². The van der Waals surface area contributed by atoms with Crippen LogP contribution in [0.3, 0.4) is 0 Å². The number of ether oxygens (including phenoxy) is 1. The van der Waals surface area contributed by atoms with Gasteiger partial charge in [0.2, 0.25) is 0 Å². The number of amides is 1. The van der Waals surface area contributed by atoms with Crippen LogP contribution >= 0.6 is 11.6 Å². The Morgan fingerprint density at radius 3 is 2.58 bits per heavy atom. The Balaban J connectivity index is 1.80. The molecule has 0 fully saturated rings. The number of rotatable bonds is 6. The summed E-state index contributed by atoms with van der Waals surface area (Å²) in [6.45, 7) is 1.85. The lowest BCUT2D eigenvalue weighted by atomic mass is 10.0. The normalized spacial score (nSPS) is 13.2. The van der Waals surface area contributed by atoms with Crippen molar-refractivity contribution in [3.05, 3.63) is 70.2 Å². The first-order valence-corrected chi connectivity index (χ1v) is 7.92. The first kappa shape index (κ1) is 18.3. The highest BCUT2D eigenvalue weighted by molar-refractivity contribution is 6.31. The van der Waals surface area contributed by atoms with E-state index in [1.807, 2.05) is 37.3 Å². The number of alkyl carbamates (subject to hydrolysis) is 1. The minimum absolute atomic E-state index is 0.138. The van der Waals surface area contributed by atoms with Gasteiger partial charge in [-0.3, -0.25) is 0 Å². The summed E-state index contributed by atoms with van der Waals surface area (Å²) in [7, 11) is 0.